The maximum absolute atomic E-state index is 9.49. The summed E-state index contributed by atoms with van der Waals surface area (Å²) in [5.41, 5.74) is -3.07. The Hall–Kier alpha value is -5.92. The summed E-state index contributed by atoms with van der Waals surface area (Å²) in [7, 11) is 0. The minimum Gasteiger partial charge on any atom is -0.455 e. The van der Waals surface area contributed by atoms with Crippen molar-refractivity contribution in [2.45, 2.75) is 0 Å². The summed E-state index contributed by atoms with van der Waals surface area (Å²) in [6.07, 6.45) is 0. The van der Waals surface area contributed by atoms with Crippen LogP contribution < -0.4 is 0 Å². The highest BCUT2D eigenvalue weighted by Gasteiger charge is 2.22. The van der Waals surface area contributed by atoms with E-state index in [1.54, 1.807) is 18.2 Å². The first-order chi connectivity index (χ1) is 31.5. The van der Waals surface area contributed by atoms with Crippen molar-refractivity contribution in [3.63, 3.8) is 0 Å². The second-order valence-electron chi connectivity index (χ2n) is 9.97. The van der Waals surface area contributed by atoms with E-state index in [2.05, 4.69) is 0 Å². The van der Waals surface area contributed by atoms with Crippen molar-refractivity contribution in [3.05, 3.63) is 169 Å². The molecule has 0 N–H and O–H groups in total. The first-order valence-corrected chi connectivity index (χ1v) is 13.6. The number of para-hydroxylation sites is 2. The van der Waals surface area contributed by atoms with E-state index in [9.17, 15) is 8.22 Å². The Labute approximate surface area is 292 Å². The summed E-state index contributed by atoms with van der Waals surface area (Å²) in [4.78, 5) is 0. The molecule has 0 bridgehead atoms. The first-order valence-electron chi connectivity index (χ1n) is 24.6. The Bertz CT molecular complexity index is 3640. The quantitative estimate of drug-likeness (QED) is 0.185. The summed E-state index contributed by atoms with van der Waals surface area (Å²) >= 11 is 0. The van der Waals surface area contributed by atoms with E-state index in [0.29, 0.717) is 10.8 Å². The molecule has 1 aromatic heterocycles. The number of hydrogen-bond donors (Lipinski definition) is 0. The lowest BCUT2D eigenvalue weighted by Crippen LogP contribution is -1.92. The summed E-state index contributed by atoms with van der Waals surface area (Å²) in [6.45, 7) is 0. The van der Waals surface area contributed by atoms with Crippen LogP contribution in [0.1, 0.15) is 30.2 Å². The third-order valence-electron chi connectivity index (χ3n) is 7.63. The number of rotatable bonds is 4. The molecule has 1 nitrogen and oxygen atoms in total. The normalized spacial score (nSPS) is 18.4. The van der Waals surface area contributed by atoms with Crippen molar-refractivity contribution in [3.8, 4) is 44.5 Å². The van der Waals surface area contributed by atoms with Crippen LogP contribution in [0.15, 0.2) is 174 Å². The Morgan fingerprint density at radius 1 is 0.333 bits per heavy atom. The molecule has 0 aliphatic heterocycles. The topological polar surface area (TPSA) is 13.1 Å². The molecule has 1 heteroatoms. The molecule has 0 unspecified atom stereocenters. The molecule has 45 heavy (non-hydrogen) atoms. The van der Waals surface area contributed by atoms with Crippen molar-refractivity contribution in [2.75, 3.05) is 0 Å². The number of fused-ring (bicyclic) bond motifs is 5. The average Bonchev–Trinajstić information content (AvgIpc) is 3.71. The fraction of sp³-hybridized carbons (Fsp3) is 0. The molecule has 8 aromatic carbocycles. The standard InChI is InChI=1S/C44H28O/c1-3-15-29(16-4-1)31-19-7-8-20-33(31)41-34-21-9-11-23-36(34)42(37-24-12-10-22-35(37)41)40-28-14-27-39-38-26-13-25-32(43(38)45-44(39)40)30-17-5-2-6-18-30/h1-28H/i1D,2D,3D,4D,5D,6D,7D,8D,9D,10D,11D,12D,15D,16D,17D,18D,19D,20D,21D,22D,23D,24D. The zero-order valence-electron chi connectivity index (χ0n) is 44.9. The maximum Gasteiger partial charge on any atom is 0.143 e. The zero-order chi connectivity index (χ0) is 48.9. The van der Waals surface area contributed by atoms with Gasteiger partial charge in [-0.3, -0.25) is 0 Å². The number of benzene rings is 8. The van der Waals surface area contributed by atoms with Gasteiger partial charge in [-0.2, -0.15) is 0 Å². The highest BCUT2D eigenvalue weighted by atomic mass is 16.3. The smallest absolute Gasteiger partial charge is 0.143 e. The Morgan fingerprint density at radius 2 is 0.733 bits per heavy atom. The summed E-state index contributed by atoms with van der Waals surface area (Å²) in [5, 5.41) is -1.20. The van der Waals surface area contributed by atoms with Gasteiger partial charge in [0.1, 0.15) is 11.2 Å². The molecule has 210 valence electrons. The predicted molar refractivity (Wildman–Crippen MR) is 190 cm³/mol. The minimum atomic E-state index is -0.933. The molecule has 0 amide bonds. The van der Waals surface area contributed by atoms with E-state index in [-0.39, 0.29) is 33.4 Å². The van der Waals surface area contributed by atoms with Crippen LogP contribution in [-0.4, -0.2) is 0 Å². The lowest BCUT2D eigenvalue weighted by molar-refractivity contribution is 0.671. The Kier molecular flexibility index (Phi) is 2.73. The minimum absolute atomic E-state index is 0.0156. The summed E-state index contributed by atoms with van der Waals surface area (Å²) in [6, 6.07) is -8.22. The van der Waals surface area contributed by atoms with Crippen LogP contribution in [0.4, 0.5) is 0 Å². The van der Waals surface area contributed by atoms with Gasteiger partial charge < -0.3 is 4.42 Å². The lowest BCUT2D eigenvalue weighted by Gasteiger charge is -2.19. The van der Waals surface area contributed by atoms with Crippen molar-refractivity contribution in [1.82, 2.24) is 0 Å². The van der Waals surface area contributed by atoms with Gasteiger partial charge in [0, 0.05) is 27.5 Å². The Morgan fingerprint density at radius 3 is 1.29 bits per heavy atom. The van der Waals surface area contributed by atoms with E-state index >= 15 is 0 Å². The second kappa shape index (κ2) is 10.4. The van der Waals surface area contributed by atoms with Gasteiger partial charge in [0.2, 0.25) is 0 Å². The van der Waals surface area contributed by atoms with Gasteiger partial charge >= 0.3 is 0 Å². The predicted octanol–water partition coefficient (Wildman–Crippen LogP) is 12.6. The SMILES string of the molecule is [2H]c1c([2H])c([2H])c(-c2c([2H])c([2H])c([2H])c([2H])c2-c2c3c([2H])c([2H])c([2H])c([2H])c3c(-c3cccc4c3oc3c(-c5c([2H])c([2H])c([2H])c([2H])c5[2H])cccc34)c3c([2H])c([2H])c([2H])c([2H])c23)c([2H])c1[2H]. The van der Waals surface area contributed by atoms with Crippen molar-refractivity contribution >= 4 is 43.5 Å². The summed E-state index contributed by atoms with van der Waals surface area (Å²) in [5.74, 6) is 0. The van der Waals surface area contributed by atoms with Gasteiger partial charge in [0.25, 0.3) is 0 Å². The maximum atomic E-state index is 9.49. The summed E-state index contributed by atoms with van der Waals surface area (Å²) < 4.78 is 201. The van der Waals surface area contributed by atoms with Gasteiger partial charge in [-0.25, -0.2) is 0 Å². The molecule has 0 aliphatic carbocycles. The van der Waals surface area contributed by atoms with Crippen LogP contribution in [0.25, 0.3) is 88.0 Å². The van der Waals surface area contributed by atoms with Gasteiger partial charge in [-0.05, 0) is 49.4 Å². The molecule has 9 aromatic rings. The molecule has 1 heterocycles. The lowest BCUT2D eigenvalue weighted by atomic mass is 9.83. The van der Waals surface area contributed by atoms with Crippen LogP contribution in [0, 0.1) is 0 Å². The van der Waals surface area contributed by atoms with Crippen molar-refractivity contribution in [1.29, 1.82) is 0 Å². The number of furan rings is 1. The highest BCUT2D eigenvalue weighted by molar-refractivity contribution is 6.25. The van der Waals surface area contributed by atoms with Crippen molar-refractivity contribution < 1.29 is 34.6 Å². The van der Waals surface area contributed by atoms with Gasteiger partial charge in [-0.1, -0.05) is 169 Å². The third-order valence-corrected chi connectivity index (χ3v) is 7.63. The third kappa shape index (κ3) is 4.02. The van der Waals surface area contributed by atoms with E-state index in [0.717, 1.165) is 0 Å². The van der Waals surface area contributed by atoms with E-state index in [1.165, 1.54) is 18.2 Å². The molecule has 0 fully saturated rings. The van der Waals surface area contributed by atoms with Gasteiger partial charge in [0.05, 0.1) is 30.2 Å². The molecule has 0 radical (unpaired) electrons. The molecule has 9 rings (SSSR count). The monoisotopic (exact) mass is 594 g/mol. The van der Waals surface area contributed by atoms with Gasteiger partial charge in [0.15, 0.2) is 0 Å². The van der Waals surface area contributed by atoms with E-state index in [4.69, 9.17) is 26.3 Å². The van der Waals surface area contributed by atoms with E-state index in [1.807, 2.05) is 0 Å². The first kappa shape index (κ1) is 11.9. The largest absolute Gasteiger partial charge is 0.455 e. The molecule has 0 saturated heterocycles. The zero-order valence-corrected chi connectivity index (χ0v) is 22.9. The van der Waals surface area contributed by atoms with Crippen LogP contribution >= 0.6 is 0 Å². The fourth-order valence-corrected chi connectivity index (χ4v) is 5.81. The molecule has 0 saturated carbocycles. The molecule has 0 atom stereocenters. The second-order valence-corrected chi connectivity index (χ2v) is 9.97. The van der Waals surface area contributed by atoms with Crippen LogP contribution in [0.5, 0.6) is 0 Å². The highest BCUT2D eigenvalue weighted by Crippen LogP contribution is 2.48. The van der Waals surface area contributed by atoms with Crippen LogP contribution in [0.2, 0.25) is 0 Å². The van der Waals surface area contributed by atoms with Crippen LogP contribution in [-0.2, 0) is 0 Å². The molecule has 0 aliphatic rings. The number of hydrogen-bond acceptors (Lipinski definition) is 1. The van der Waals surface area contributed by atoms with E-state index < -0.39 is 177 Å². The molecule has 0 spiro atoms. The molecular weight excluding hydrogens is 544 g/mol. The van der Waals surface area contributed by atoms with Gasteiger partial charge in [-0.15, -0.1) is 0 Å². The molecular formula is C44H28O. The fourth-order valence-electron chi connectivity index (χ4n) is 5.81. The average molecular weight is 595 g/mol. The van der Waals surface area contributed by atoms with Crippen molar-refractivity contribution in [2.24, 2.45) is 0 Å². The Balaban J connectivity index is 1.57. The van der Waals surface area contributed by atoms with Crippen LogP contribution in [0.3, 0.4) is 0 Å².